The van der Waals surface area contributed by atoms with Crippen molar-refractivity contribution in [3.8, 4) is 0 Å². The monoisotopic (exact) mass is 543 g/mol. The molecule has 4 rings (SSSR count). The fourth-order valence-electron chi connectivity index (χ4n) is 6.14. The van der Waals surface area contributed by atoms with Crippen LogP contribution in [0.25, 0.3) is 0 Å². The maximum absolute atomic E-state index is 13.4. The molecule has 39 heavy (non-hydrogen) atoms. The predicted octanol–water partition coefficient (Wildman–Crippen LogP) is 6.20. The van der Waals surface area contributed by atoms with Crippen LogP contribution in [0.2, 0.25) is 0 Å². The molecule has 1 fully saturated rings. The number of hydrogen-bond acceptors (Lipinski definition) is 4. The lowest BCUT2D eigenvalue weighted by Gasteiger charge is -2.39. The van der Waals surface area contributed by atoms with E-state index in [4.69, 9.17) is 0 Å². The number of anilines is 1. The highest BCUT2D eigenvalue weighted by molar-refractivity contribution is 6.02. The van der Waals surface area contributed by atoms with Crippen molar-refractivity contribution in [1.82, 2.24) is 10.6 Å². The zero-order chi connectivity index (χ0) is 28.0. The Morgan fingerprint density at radius 1 is 1.10 bits per heavy atom. The molecule has 5 nitrogen and oxygen atoms in total. The minimum Gasteiger partial charge on any atom is -0.369 e. The molecule has 2 aliphatic carbocycles. The van der Waals surface area contributed by atoms with Gasteiger partial charge in [0.25, 0.3) is 5.91 Å². The first kappa shape index (κ1) is 29.1. The highest BCUT2D eigenvalue weighted by Gasteiger charge is 2.30. The minimum atomic E-state index is -4.13. The Bertz CT molecular complexity index is 1140. The Kier molecular flexibility index (Phi) is 9.70. The van der Waals surface area contributed by atoms with Crippen LogP contribution in [-0.2, 0) is 11.2 Å². The molecule has 1 saturated carbocycles. The Hall–Kier alpha value is -2.87. The van der Waals surface area contributed by atoms with Gasteiger partial charge in [0.1, 0.15) is 0 Å². The van der Waals surface area contributed by atoms with Gasteiger partial charge < -0.3 is 15.5 Å². The third kappa shape index (κ3) is 7.62. The lowest BCUT2D eigenvalue weighted by molar-refractivity contribution is -0.133. The summed E-state index contributed by atoms with van der Waals surface area (Å²) in [6, 6.07) is 6.21. The number of benzene rings is 1. The summed E-state index contributed by atoms with van der Waals surface area (Å²) in [4.78, 5) is 28.5. The fraction of sp³-hybridized carbons (Fsp3) is 0.548. The fourth-order valence-corrected chi connectivity index (χ4v) is 6.14. The van der Waals surface area contributed by atoms with Gasteiger partial charge in [-0.2, -0.15) is 13.2 Å². The van der Waals surface area contributed by atoms with E-state index in [0.29, 0.717) is 24.0 Å². The van der Waals surface area contributed by atoms with Gasteiger partial charge >= 0.3 is 6.18 Å². The van der Waals surface area contributed by atoms with E-state index in [1.54, 1.807) is 0 Å². The lowest BCUT2D eigenvalue weighted by atomic mass is 9.88. The van der Waals surface area contributed by atoms with E-state index in [1.165, 1.54) is 0 Å². The molecule has 1 aromatic carbocycles. The number of nitrogens with zero attached hydrogens (tertiary/aromatic N) is 1. The molecule has 0 spiro atoms. The van der Waals surface area contributed by atoms with Crippen molar-refractivity contribution in [2.45, 2.75) is 89.9 Å². The first-order chi connectivity index (χ1) is 18.7. The van der Waals surface area contributed by atoms with Crippen LogP contribution in [0.15, 0.2) is 53.1 Å². The van der Waals surface area contributed by atoms with E-state index < -0.39 is 12.6 Å². The maximum Gasteiger partial charge on any atom is 0.390 e. The highest BCUT2D eigenvalue weighted by atomic mass is 19.4. The molecule has 3 aliphatic rings. The summed E-state index contributed by atoms with van der Waals surface area (Å²) >= 11 is 0. The smallest absolute Gasteiger partial charge is 0.369 e. The van der Waals surface area contributed by atoms with E-state index in [0.717, 1.165) is 67.5 Å². The van der Waals surface area contributed by atoms with Crippen molar-refractivity contribution in [2.75, 3.05) is 24.5 Å². The number of Topliss-reactive ketones (excluding diaryl/α,β-unsaturated/α-hetero) is 1. The standard InChI is InChI=1S/C31H40F3N3O2/c1-3-37(24-14-12-23(13-15-24)35-17-16-31(32,33)34)28-11-7-10-26-25(28)9-6-4-5-8-22-18-21(2)19-29(38)27(22)20-36-30(26)39/h4,6-7,10-11,18,23-24,35H,3,5,8-9,12-17,19-20H2,1-2H3,(H,36,39)/b6-4+. The van der Waals surface area contributed by atoms with Gasteiger partial charge in [0.15, 0.2) is 5.78 Å². The molecule has 1 heterocycles. The molecule has 1 amide bonds. The largest absolute Gasteiger partial charge is 0.390 e. The van der Waals surface area contributed by atoms with Crippen LogP contribution in [0.4, 0.5) is 18.9 Å². The van der Waals surface area contributed by atoms with Crippen molar-refractivity contribution in [2.24, 2.45) is 0 Å². The van der Waals surface area contributed by atoms with Crippen molar-refractivity contribution in [1.29, 1.82) is 0 Å². The summed E-state index contributed by atoms with van der Waals surface area (Å²) in [5.41, 5.74) is 5.41. The number of allylic oxidation sites excluding steroid dienone is 5. The number of carbonyl (C=O) groups is 2. The molecule has 0 unspecified atom stereocenters. The van der Waals surface area contributed by atoms with Gasteiger partial charge in [0.05, 0.1) is 6.42 Å². The van der Waals surface area contributed by atoms with Crippen molar-refractivity contribution >= 4 is 17.4 Å². The first-order valence-corrected chi connectivity index (χ1v) is 14.2. The van der Waals surface area contributed by atoms with Gasteiger partial charge in [-0.15, -0.1) is 0 Å². The summed E-state index contributed by atoms with van der Waals surface area (Å²) in [6.45, 7) is 5.04. The molecular weight excluding hydrogens is 503 g/mol. The van der Waals surface area contributed by atoms with Gasteiger partial charge in [0, 0.05) is 55.0 Å². The van der Waals surface area contributed by atoms with Crippen molar-refractivity contribution in [3.63, 3.8) is 0 Å². The normalized spacial score (nSPS) is 23.6. The van der Waals surface area contributed by atoms with E-state index in [2.05, 4.69) is 46.8 Å². The van der Waals surface area contributed by atoms with Crippen LogP contribution in [-0.4, -0.2) is 49.6 Å². The predicted molar refractivity (Wildman–Crippen MR) is 149 cm³/mol. The molecule has 1 aliphatic heterocycles. The molecule has 1 aromatic rings. The van der Waals surface area contributed by atoms with Gasteiger partial charge in [-0.3, -0.25) is 9.59 Å². The summed E-state index contributed by atoms with van der Waals surface area (Å²) in [7, 11) is 0. The Morgan fingerprint density at radius 2 is 1.87 bits per heavy atom. The molecule has 212 valence electrons. The molecular formula is C31H40F3N3O2. The molecule has 0 aromatic heterocycles. The SMILES string of the molecule is CCN(c1cccc2c1C/C=C/CCC1=C(CNC2=O)C(=O)CC(C)=C1)C1CCC(NCCC(F)(F)F)CC1. The molecule has 8 heteroatoms. The summed E-state index contributed by atoms with van der Waals surface area (Å²) < 4.78 is 37.6. The molecule has 0 radical (unpaired) electrons. The average molecular weight is 544 g/mol. The molecule has 0 bridgehead atoms. The number of fused-ring (bicyclic) bond motifs is 1. The lowest BCUT2D eigenvalue weighted by Crippen LogP contribution is -2.43. The van der Waals surface area contributed by atoms with Crippen molar-refractivity contribution < 1.29 is 22.8 Å². The van der Waals surface area contributed by atoms with Gasteiger partial charge in [-0.1, -0.05) is 29.9 Å². The average Bonchev–Trinajstić information content (AvgIpc) is 2.88. The second kappa shape index (κ2) is 13.0. The van der Waals surface area contributed by atoms with Crippen molar-refractivity contribution in [3.05, 3.63) is 64.3 Å². The Morgan fingerprint density at radius 3 is 2.59 bits per heavy atom. The number of ketones is 1. The third-order valence-electron chi connectivity index (χ3n) is 8.10. The third-order valence-corrected chi connectivity index (χ3v) is 8.10. The van der Waals surface area contributed by atoms with Gasteiger partial charge in [-0.25, -0.2) is 0 Å². The van der Waals surface area contributed by atoms with Crippen LogP contribution in [0.5, 0.6) is 0 Å². The van der Waals surface area contributed by atoms with Crippen LogP contribution < -0.4 is 15.5 Å². The zero-order valence-corrected chi connectivity index (χ0v) is 23.0. The number of hydrogen-bond donors (Lipinski definition) is 2. The van der Waals surface area contributed by atoms with E-state index in [9.17, 15) is 22.8 Å². The molecule has 0 atom stereocenters. The van der Waals surface area contributed by atoms with Gasteiger partial charge in [0.2, 0.25) is 0 Å². The second-order valence-corrected chi connectivity index (χ2v) is 10.9. The number of carbonyl (C=O) groups excluding carboxylic acids is 2. The van der Waals surface area contributed by atoms with E-state index in [-0.39, 0.29) is 36.9 Å². The summed E-state index contributed by atoms with van der Waals surface area (Å²) in [5, 5.41) is 6.11. The molecule has 0 saturated heterocycles. The Balaban J connectivity index is 1.51. The second-order valence-electron chi connectivity index (χ2n) is 10.9. The Labute approximate surface area is 229 Å². The van der Waals surface area contributed by atoms with Crippen LogP contribution in [0.1, 0.15) is 81.1 Å². The number of amides is 1. The van der Waals surface area contributed by atoms with E-state index >= 15 is 0 Å². The molecule has 2 N–H and O–H groups in total. The van der Waals surface area contributed by atoms with Crippen LogP contribution in [0.3, 0.4) is 0 Å². The topological polar surface area (TPSA) is 61.4 Å². The number of nitrogens with one attached hydrogen (secondary N) is 2. The first-order valence-electron chi connectivity index (χ1n) is 14.2. The number of alkyl halides is 3. The van der Waals surface area contributed by atoms with E-state index in [1.807, 2.05) is 19.1 Å². The highest BCUT2D eigenvalue weighted by Crippen LogP contribution is 2.33. The van der Waals surface area contributed by atoms with Crippen LogP contribution in [0, 0.1) is 0 Å². The van der Waals surface area contributed by atoms with Crippen LogP contribution >= 0.6 is 0 Å². The summed E-state index contributed by atoms with van der Waals surface area (Å²) in [6.07, 6.45) is 7.45. The maximum atomic E-state index is 13.4. The zero-order valence-electron chi connectivity index (χ0n) is 23.0. The minimum absolute atomic E-state index is 0.0378. The quantitative estimate of drug-likeness (QED) is 0.419. The number of rotatable bonds is 6. The number of halogens is 3. The van der Waals surface area contributed by atoms with Gasteiger partial charge in [-0.05, 0) is 82.1 Å². The summed E-state index contributed by atoms with van der Waals surface area (Å²) in [5.74, 6) is -0.0960.